The number of hydrogen-bond donors (Lipinski definition) is 1. The molecule has 0 fully saturated rings. The third kappa shape index (κ3) is 4.06. The van der Waals surface area contributed by atoms with Crippen molar-refractivity contribution < 1.29 is 4.79 Å². The maximum absolute atomic E-state index is 10.9. The Labute approximate surface area is 97.6 Å². The van der Waals surface area contributed by atoms with Crippen molar-refractivity contribution >= 4 is 25.3 Å². The van der Waals surface area contributed by atoms with Gasteiger partial charge in [0.25, 0.3) is 0 Å². The Hall–Kier alpha value is -0.791. The van der Waals surface area contributed by atoms with Gasteiger partial charge < -0.3 is 0 Å². The van der Waals surface area contributed by atoms with Crippen molar-refractivity contribution in [1.29, 1.82) is 0 Å². The second kappa shape index (κ2) is 5.94. The zero-order valence-corrected chi connectivity index (χ0v) is 11.1. The van der Waals surface area contributed by atoms with Gasteiger partial charge in [0.2, 0.25) is 0 Å². The summed E-state index contributed by atoms with van der Waals surface area (Å²) < 4.78 is 1.40. The Bertz CT molecular complexity index is 338. The summed E-state index contributed by atoms with van der Waals surface area (Å²) in [4.78, 5) is 10.9. The van der Waals surface area contributed by atoms with Crippen LogP contribution in [0.1, 0.15) is 32.4 Å². The predicted octanol–water partition coefficient (Wildman–Crippen LogP) is 1.65. The molecule has 2 nitrogen and oxygen atoms in total. The predicted molar refractivity (Wildman–Crippen MR) is 64.5 cm³/mol. The van der Waals surface area contributed by atoms with E-state index in [-0.39, 0.29) is 11.9 Å². The van der Waals surface area contributed by atoms with Crippen molar-refractivity contribution in [3.05, 3.63) is 29.8 Å². The molecule has 0 aliphatic rings. The molecule has 1 N–H and O–H groups in total. The van der Waals surface area contributed by atoms with Gasteiger partial charge in [0, 0.05) is 0 Å². The molecule has 3 heteroatoms. The van der Waals surface area contributed by atoms with Crippen LogP contribution in [0.15, 0.2) is 24.3 Å². The van der Waals surface area contributed by atoms with Gasteiger partial charge in [-0.15, -0.1) is 0 Å². The van der Waals surface area contributed by atoms with Crippen LogP contribution in [0.4, 0.5) is 0 Å². The van der Waals surface area contributed by atoms with E-state index in [4.69, 9.17) is 0 Å². The molecule has 1 rings (SSSR count). The molecule has 0 aliphatic heterocycles. The SMILES string of the molecule is CC[Se]c1cccc([C@@H](C)NC(C)=O)c1. The molecule has 0 saturated carbocycles. The fraction of sp³-hybridized carbons (Fsp3) is 0.417. The summed E-state index contributed by atoms with van der Waals surface area (Å²) in [6, 6.07) is 8.60. The Morgan fingerprint density at radius 1 is 1.53 bits per heavy atom. The van der Waals surface area contributed by atoms with Gasteiger partial charge in [-0.2, -0.15) is 0 Å². The fourth-order valence-electron chi connectivity index (χ4n) is 1.43. The third-order valence-corrected chi connectivity index (χ3v) is 3.93. The van der Waals surface area contributed by atoms with Gasteiger partial charge in [-0.1, -0.05) is 0 Å². The Morgan fingerprint density at radius 3 is 2.87 bits per heavy atom. The molecule has 0 aliphatic carbocycles. The van der Waals surface area contributed by atoms with E-state index in [2.05, 4.69) is 36.5 Å². The first-order valence-electron chi connectivity index (χ1n) is 5.13. The van der Waals surface area contributed by atoms with Gasteiger partial charge in [-0.3, -0.25) is 0 Å². The zero-order valence-electron chi connectivity index (χ0n) is 9.41. The quantitative estimate of drug-likeness (QED) is 0.828. The third-order valence-electron chi connectivity index (χ3n) is 2.09. The molecule has 1 atom stereocenters. The summed E-state index contributed by atoms with van der Waals surface area (Å²) in [7, 11) is 0. The number of nitrogens with one attached hydrogen (secondary N) is 1. The minimum absolute atomic E-state index is 0.0221. The van der Waals surface area contributed by atoms with E-state index in [1.54, 1.807) is 6.92 Å². The number of carbonyl (C=O) groups excluding carboxylic acids is 1. The van der Waals surface area contributed by atoms with Crippen LogP contribution in [0.25, 0.3) is 0 Å². The van der Waals surface area contributed by atoms with Gasteiger partial charge in [-0.25, -0.2) is 0 Å². The molecule has 0 radical (unpaired) electrons. The molecule has 0 saturated heterocycles. The molecule has 0 spiro atoms. The topological polar surface area (TPSA) is 29.1 Å². The Kier molecular flexibility index (Phi) is 4.86. The monoisotopic (exact) mass is 271 g/mol. The van der Waals surface area contributed by atoms with E-state index in [0.717, 1.165) is 0 Å². The second-order valence-corrected chi connectivity index (χ2v) is 6.23. The number of amides is 1. The summed E-state index contributed by atoms with van der Waals surface area (Å²) in [5.41, 5.74) is 1.19. The fourth-order valence-corrected chi connectivity index (χ4v) is 2.96. The van der Waals surface area contributed by atoms with Crippen molar-refractivity contribution in [2.75, 3.05) is 0 Å². The Balaban J connectivity index is 2.75. The van der Waals surface area contributed by atoms with Crippen LogP contribution in [0.2, 0.25) is 5.32 Å². The summed E-state index contributed by atoms with van der Waals surface area (Å²) in [6.45, 7) is 5.76. The normalized spacial score (nSPS) is 12.2. The first kappa shape index (κ1) is 12.3. The van der Waals surface area contributed by atoms with Crippen LogP contribution >= 0.6 is 0 Å². The van der Waals surface area contributed by atoms with Crippen LogP contribution in [0.5, 0.6) is 0 Å². The van der Waals surface area contributed by atoms with Crippen molar-refractivity contribution in [2.24, 2.45) is 0 Å². The molecule has 15 heavy (non-hydrogen) atoms. The molecule has 0 unspecified atom stereocenters. The molecule has 0 aromatic heterocycles. The molecule has 1 amide bonds. The van der Waals surface area contributed by atoms with Gasteiger partial charge in [0.15, 0.2) is 0 Å². The standard InChI is InChI=1S/C12H17NOSe/c1-4-15-12-7-5-6-11(8-12)9(2)13-10(3)14/h5-9H,4H2,1-3H3,(H,13,14)/t9-/m1/s1. The van der Waals surface area contributed by atoms with E-state index >= 15 is 0 Å². The van der Waals surface area contributed by atoms with Gasteiger partial charge in [0.1, 0.15) is 0 Å². The second-order valence-electron chi connectivity index (χ2n) is 3.43. The minimum atomic E-state index is 0.0221. The van der Waals surface area contributed by atoms with Crippen molar-refractivity contribution in [1.82, 2.24) is 5.32 Å². The molecule has 1 aromatic rings. The summed E-state index contributed by atoms with van der Waals surface area (Å²) in [5.74, 6) is 0.0221. The summed E-state index contributed by atoms with van der Waals surface area (Å²) in [6.07, 6.45) is 0. The van der Waals surface area contributed by atoms with Crippen LogP contribution in [-0.2, 0) is 4.79 Å². The molecule has 1 aromatic carbocycles. The molecule has 0 bridgehead atoms. The zero-order chi connectivity index (χ0) is 11.3. The van der Waals surface area contributed by atoms with Crippen molar-refractivity contribution in [2.45, 2.75) is 32.1 Å². The molecular weight excluding hydrogens is 253 g/mol. The number of rotatable bonds is 4. The number of carbonyl (C=O) groups is 1. The molecular formula is C12H17NOSe. The summed E-state index contributed by atoms with van der Waals surface area (Å²) >= 11 is 0.561. The van der Waals surface area contributed by atoms with Crippen molar-refractivity contribution in [3.63, 3.8) is 0 Å². The average Bonchev–Trinajstić information content (AvgIpc) is 2.17. The van der Waals surface area contributed by atoms with E-state index in [1.165, 1.54) is 15.3 Å². The average molecular weight is 270 g/mol. The Morgan fingerprint density at radius 2 is 2.27 bits per heavy atom. The first-order chi connectivity index (χ1) is 7.13. The van der Waals surface area contributed by atoms with Crippen LogP contribution in [0.3, 0.4) is 0 Å². The van der Waals surface area contributed by atoms with E-state index < -0.39 is 0 Å². The first-order valence-corrected chi connectivity index (χ1v) is 7.20. The van der Waals surface area contributed by atoms with Crippen molar-refractivity contribution in [3.8, 4) is 0 Å². The van der Waals surface area contributed by atoms with Crippen LogP contribution < -0.4 is 9.78 Å². The van der Waals surface area contributed by atoms with Crippen LogP contribution in [0, 0.1) is 0 Å². The molecule has 82 valence electrons. The van der Waals surface area contributed by atoms with E-state index in [9.17, 15) is 4.79 Å². The molecule has 0 heterocycles. The van der Waals surface area contributed by atoms with Gasteiger partial charge in [0.05, 0.1) is 0 Å². The summed E-state index contributed by atoms with van der Waals surface area (Å²) in [5, 5.41) is 4.11. The van der Waals surface area contributed by atoms with Gasteiger partial charge >= 0.3 is 97.4 Å². The van der Waals surface area contributed by atoms with Gasteiger partial charge in [-0.05, 0) is 0 Å². The van der Waals surface area contributed by atoms with E-state index in [0.29, 0.717) is 15.0 Å². The van der Waals surface area contributed by atoms with Crippen LogP contribution in [-0.4, -0.2) is 20.9 Å². The maximum atomic E-state index is 10.9. The number of benzene rings is 1. The number of hydrogen-bond acceptors (Lipinski definition) is 1. The van der Waals surface area contributed by atoms with E-state index in [1.807, 2.05) is 6.92 Å².